The summed E-state index contributed by atoms with van der Waals surface area (Å²) in [6, 6.07) is 0. The first-order chi connectivity index (χ1) is 6.79. The molecule has 0 N–H and O–H groups in total. The van der Waals surface area contributed by atoms with Gasteiger partial charge in [0.2, 0.25) is 0 Å². The van der Waals surface area contributed by atoms with E-state index in [1.165, 1.54) is 32.1 Å². The van der Waals surface area contributed by atoms with Gasteiger partial charge in [0, 0.05) is 12.3 Å². The lowest BCUT2D eigenvalue weighted by Crippen LogP contribution is -2.31. The fraction of sp³-hybridized carbons (Fsp3) is 1.00. The number of unbranched alkanes of at least 4 members (excludes halogenated alkanes) is 1. The zero-order chi connectivity index (χ0) is 10.4. The first-order valence-electron chi connectivity index (χ1n) is 5.41. The zero-order valence-corrected chi connectivity index (χ0v) is 13.1. The van der Waals surface area contributed by atoms with E-state index in [2.05, 4.69) is 24.8 Å². The van der Waals surface area contributed by atoms with Gasteiger partial charge in [-0.15, -0.1) is 17.9 Å². The largest absolute Gasteiger partial charge is 0.378 e. The average Bonchev–Trinajstić information content (AvgIpc) is 2.25. The van der Waals surface area contributed by atoms with Gasteiger partial charge in [0.25, 0.3) is 0 Å². The molecule has 1 nitrogen and oxygen atoms in total. The molecule has 0 aliphatic carbocycles. The van der Waals surface area contributed by atoms with E-state index in [1.54, 1.807) is 0 Å². The number of ether oxygens (including phenoxy) is 1. The van der Waals surface area contributed by atoms with E-state index in [1.807, 2.05) is 0 Å². The van der Waals surface area contributed by atoms with E-state index in [-0.39, 0.29) is 7.30 Å². The fourth-order valence-electron chi connectivity index (χ4n) is 1.92. The minimum Gasteiger partial charge on any atom is -0.378 e. The van der Waals surface area contributed by atoms with Gasteiger partial charge in [-0.3, -0.25) is 0 Å². The SMILES string of the molecule is CCCCC1OCCCC1P(P)PP. The molecule has 0 radical (unpaired) electrons. The van der Waals surface area contributed by atoms with Gasteiger partial charge in [0.15, 0.2) is 0 Å². The molecule has 84 valence electrons. The lowest BCUT2D eigenvalue weighted by atomic mass is 10.0. The van der Waals surface area contributed by atoms with Crippen LogP contribution in [0.5, 0.6) is 0 Å². The highest BCUT2D eigenvalue weighted by molar-refractivity contribution is 8.61. The molecular formula is C9H22OP4. The van der Waals surface area contributed by atoms with Crippen LogP contribution in [0.4, 0.5) is 0 Å². The molecule has 0 saturated carbocycles. The van der Waals surface area contributed by atoms with Crippen molar-refractivity contribution in [3.63, 3.8) is 0 Å². The van der Waals surface area contributed by atoms with Gasteiger partial charge in [-0.1, -0.05) is 35.0 Å². The summed E-state index contributed by atoms with van der Waals surface area (Å²) in [5, 5.41) is 0. The van der Waals surface area contributed by atoms with Crippen LogP contribution < -0.4 is 0 Å². The van der Waals surface area contributed by atoms with Crippen molar-refractivity contribution < 1.29 is 4.74 Å². The molecule has 6 unspecified atom stereocenters. The van der Waals surface area contributed by atoms with Gasteiger partial charge in [-0.2, -0.15) is 0 Å². The van der Waals surface area contributed by atoms with Gasteiger partial charge >= 0.3 is 0 Å². The molecule has 0 spiro atoms. The Balaban J connectivity index is 2.41. The van der Waals surface area contributed by atoms with E-state index < -0.39 is 0 Å². The third kappa shape index (κ3) is 4.28. The molecule has 0 aromatic rings. The molecule has 14 heavy (non-hydrogen) atoms. The van der Waals surface area contributed by atoms with E-state index in [0.29, 0.717) is 6.10 Å². The molecule has 0 amide bonds. The second-order valence-corrected chi connectivity index (χ2v) is 13.4. The van der Waals surface area contributed by atoms with E-state index >= 15 is 0 Å². The monoisotopic (exact) mass is 270 g/mol. The number of hydrogen-bond donors (Lipinski definition) is 0. The Morgan fingerprint density at radius 3 is 3.00 bits per heavy atom. The molecule has 6 atom stereocenters. The maximum absolute atomic E-state index is 5.91. The third-order valence-electron chi connectivity index (χ3n) is 2.75. The molecule has 0 aromatic heterocycles. The van der Waals surface area contributed by atoms with Crippen LogP contribution in [0.3, 0.4) is 0 Å². The van der Waals surface area contributed by atoms with Crippen LogP contribution in [-0.2, 0) is 4.74 Å². The molecular weight excluding hydrogens is 248 g/mol. The van der Waals surface area contributed by atoms with Crippen molar-refractivity contribution in [1.29, 1.82) is 0 Å². The second-order valence-electron chi connectivity index (χ2n) is 3.80. The van der Waals surface area contributed by atoms with Crippen molar-refractivity contribution in [1.82, 2.24) is 0 Å². The van der Waals surface area contributed by atoms with E-state index in [9.17, 15) is 0 Å². The van der Waals surface area contributed by atoms with Crippen molar-refractivity contribution in [2.45, 2.75) is 50.8 Å². The van der Waals surface area contributed by atoms with Crippen molar-refractivity contribution in [2.75, 3.05) is 6.61 Å². The maximum Gasteiger partial charge on any atom is 0.0648 e. The van der Waals surface area contributed by atoms with Crippen molar-refractivity contribution >= 4 is 33.1 Å². The molecule has 1 aliphatic heterocycles. The first-order valence-corrected chi connectivity index (χ1v) is 12.1. The van der Waals surface area contributed by atoms with Crippen LogP contribution in [0, 0.1) is 0 Å². The molecule has 1 aliphatic rings. The summed E-state index contributed by atoms with van der Waals surface area (Å²) in [5.74, 6) is 0. The highest BCUT2D eigenvalue weighted by Crippen LogP contribution is 2.71. The van der Waals surface area contributed by atoms with Gasteiger partial charge in [0.05, 0.1) is 6.10 Å². The summed E-state index contributed by atoms with van der Waals surface area (Å²) in [6.07, 6.45) is 7.14. The lowest BCUT2D eigenvalue weighted by molar-refractivity contribution is 0.0145. The van der Waals surface area contributed by atoms with Crippen LogP contribution in [0.25, 0.3) is 0 Å². The fourth-order valence-corrected chi connectivity index (χ4v) is 7.37. The summed E-state index contributed by atoms with van der Waals surface area (Å²) in [7, 11) is 7.13. The summed E-state index contributed by atoms with van der Waals surface area (Å²) in [5.41, 5.74) is 0.853. The quantitative estimate of drug-likeness (QED) is 0.673. The van der Waals surface area contributed by atoms with Gasteiger partial charge in [0.1, 0.15) is 0 Å². The Morgan fingerprint density at radius 2 is 2.36 bits per heavy atom. The zero-order valence-electron chi connectivity index (χ0n) is 8.91. The summed E-state index contributed by atoms with van der Waals surface area (Å²) in [4.78, 5) is 0. The number of hydrogen-bond acceptors (Lipinski definition) is 1. The van der Waals surface area contributed by atoms with Crippen LogP contribution >= 0.6 is 33.1 Å². The Kier molecular flexibility index (Phi) is 7.73. The standard InChI is InChI=1S/C9H22OP4/c1-2-3-5-8-9(14(12)13-11)6-4-7-10-8/h8-9,13H,2-7,11-12H2,1H3. The Bertz CT molecular complexity index is 156. The minimum absolute atomic E-state index is 0.130. The molecule has 1 fully saturated rings. The first kappa shape index (κ1) is 13.7. The van der Waals surface area contributed by atoms with Crippen LogP contribution in [0.15, 0.2) is 0 Å². The van der Waals surface area contributed by atoms with Crippen LogP contribution in [0.1, 0.15) is 39.0 Å². The normalized spacial score (nSPS) is 31.1. The summed E-state index contributed by atoms with van der Waals surface area (Å²) in [6.45, 7) is 3.26. The molecule has 1 rings (SSSR count). The van der Waals surface area contributed by atoms with Crippen molar-refractivity contribution in [3.05, 3.63) is 0 Å². The molecule has 1 heterocycles. The van der Waals surface area contributed by atoms with E-state index in [0.717, 1.165) is 20.2 Å². The molecule has 5 heteroatoms. The highest BCUT2D eigenvalue weighted by Gasteiger charge is 2.29. The molecule has 1 saturated heterocycles. The number of rotatable bonds is 5. The predicted octanol–water partition coefficient (Wildman–Crippen LogP) is 4.38. The highest BCUT2D eigenvalue weighted by atomic mass is 32.6. The van der Waals surface area contributed by atoms with Crippen LogP contribution in [-0.4, -0.2) is 18.4 Å². The topological polar surface area (TPSA) is 9.23 Å². The summed E-state index contributed by atoms with van der Waals surface area (Å²) >= 11 is 0. The Hall–Kier alpha value is 1.68. The predicted molar refractivity (Wildman–Crippen MR) is 76.9 cm³/mol. The van der Waals surface area contributed by atoms with Gasteiger partial charge in [-0.25, -0.2) is 0 Å². The molecule has 0 bridgehead atoms. The molecule has 0 aromatic carbocycles. The van der Waals surface area contributed by atoms with Gasteiger partial charge in [-0.05, 0) is 19.3 Å². The second kappa shape index (κ2) is 7.87. The third-order valence-corrected chi connectivity index (χ3v) is 14.1. The average molecular weight is 270 g/mol. The Labute approximate surface area is 95.5 Å². The minimum atomic E-state index is 0.130. The van der Waals surface area contributed by atoms with E-state index in [4.69, 9.17) is 4.74 Å². The smallest absolute Gasteiger partial charge is 0.0648 e. The summed E-state index contributed by atoms with van der Waals surface area (Å²) < 4.78 is 5.91. The van der Waals surface area contributed by atoms with Crippen molar-refractivity contribution in [2.24, 2.45) is 0 Å². The van der Waals surface area contributed by atoms with Crippen LogP contribution in [0.2, 0.25) is 0 Å². The maximum atomic E-state index is 5.91. The lowest BCUT2D eigenvalue weighted by Gasteiger charge is -2.35. The van der Waals surface area contributed by atoms with Gasteiger partial charge < -0.3 is 4.74 Å². The Morgan fingerprint density at radius 1 is 1.57 bits per heavy atom. The van der Waals surface area contributed by atoms with Crippen molar-refractivity contribution in [3.8, 4) is 0 Å².